The Bertz CT molecular complexity index is 372. The predicted molar refractivity (Wildman–Crippen MR) is 79.6 cm³/mol. The third-order valence-corrected chi connectivity index (χ3v) is 3.68. The molecule has 112 valence electrons. The van der Waals surface area contributed by atoms with Crippen LogP contribution in [0.5, 0.6) is 11.5 Å². The number of benzene rings is 1. The number of nitrogens with zero attached hydrogens (tertiary/aromatic N) is 1. The van der Waals surface area contributed by atoms with Gasteiger partial charge in [0.05, 0.1) is 12.7 Å². The van der Waals surface area contributed by atoms with Gasteiger partial charge in [-0.15, -0.1) is 0 Å². The molecule has 0 bridgehead atoms. The first-order chi connectivity index (χ1) is 9.81. The molecule has 0 aliphatic carbocycles. The van der Waals surface area contributed by atoms with E-state index in [0.717, 1.165) is 50.6 Å². The van der Waals surface area contributed by atoms with E-state index in [4.69, 9.17) is 14.2 Å². The highest BCUT2D eigenvalue weighted by Crippen LogP contribution is 2.18. The van der Waals surface area contributed by atoms with Crippen molar-refractivity contribution >= 4 is 0 Å². The Morgan fingerprint density at radius 2 is 1.65 bits per heavy atom. The van der Waals surface area contributed by atoms with E-state index in [-0.39, 0.29) is 0 Å². The molecule has 0 saturated carbocycles. The number of likely N-dealkylation sites (tertiary alicyclic amines) is 1. The van der Waals surface area contributed by atoms with Crippen molar-refractivity contribution < 1.29 is 14.2 Å². The maximum Gasteiger partial charge on any atom is 0.119 e. The van der Waals surface area contributed by atoms with Crippen LogP contribution < -0.4 is 9.47 Å². The van der Waals surface area contributed by atoms with Crippen LogP contribution in [-0.2, 0) is 4.74 Å². The van der Waals surface area contributed by atoms with Crippen LogP contribution in [0.25, 0.3) is 0 Å². The van der Waals surface area contributed by atoms with Crippen molar-refractivity contribution in [2.45, 2.75) is 25.9 Å². The first kappa shape index (κ1) is 15.1. The van der Waals surface area contributed by atoms with E-state index in [2.05, 4.69) is 4.90 Å². The number of hydrogen-bond acceptors (Lipinski definition) is 4. The van der Waals surface area contributed by atoms with Crippen LogP contribution in [0.4, 0.5) is 0 Å². The van der Waals surface area contributed by atoms with Crippen LogP contribution in [-0.4, -0.2) is 51.0 Å². The third-order valence-electron chi connectivity index (χ3n) is 3.68. The second-order valence-electron chi connectivity index (χ2n) is 5.03. The summed E-state index contributed by atoms with van der Waals surface area (Å²) in [5, 5.41) is 0. The zero-order valence-electron chi connectivity index (χ0n) is 12.5. The van der Waals surface area contributed by atoms with E-state index in [9.17, 15) is 0 Å². The van der Waals surface area contributed by atoms with Gasteiger partial charge in [-0.05, 0) is 44.0 Å². The molecular weight excluding hydrogens is 254 g/mol. The van der Waals surface area contributed by atoms with Gasteiger partial charge in [0.25, 0.3) is 0 Å². The molecule has 0 N–H and O–H groups in total. The maximum atomic E-state index is 5.77. The van der Waals surface area contributed by atoms with Crippen molar-refractivity contribution in [3.05, 3.63) is 24.3 Å². The molecule has 1 saturated heterocycles. The molecule has 1 aliphatic heterocycles. The summed E-state index contributed by atoms with van der Waals surface area (Å²) < 4.78 is 16.5. The minimum atomic E-state index is 0.443. The molecule has 0 spiro atoms. The van der Waals surface area contributed by atoms with Crippen LogP contribution in [0, 0.1) is 0 Å². The summed E-state index contributed by atoms with van der Waals surface area (Å²) in [7, 11) is 1.80. The molecule has 1 aliphatic rings. The molecule has 0 atom stereocenters. The Kier molecular flexibility index (Phi) is 6.15. The van der Waals surface area contributed by atoms with E-state index in [1.54, 1.807) is 7.11 Å². The summed E-state index contributed by atoms with van der Waals surface area (Å²) >= 11 is 0. The highest BCUT2D eigenvalue weighted by molar-refractivity contribution is 5.31. The Morgan fingerprint density at radius 3 is 2.20 bits per heavy atom. The third kappa shape index (κ3) is 4.69. The number of piperidine rings is 1. The standard InChI is InChI=1S/C16H25NO3/c1-3-19-15-4-6-16(7-5-15)20-13-12-17-10-8-14(18-2)9-11-17/h4-7,14H,3,8-13H2,1-2H3. The minimum Gasteiger partial charge on any atom is -0.494 e. The SMILES string of the molecule is CCOc1ccc(OCCN2CCC(OC)CC2)cc1. The summed E-state index contributed by atoms with van der Waals surface area (Å²) in [5.41, 5.74) is 0. The highest BCUT2D eigenvalue weighted by Gasteiger charge is 2.18. The fourth-order valence-corrected chi connectivity index (χ4v) is 2.46. The summed E-state index contributed by atoms with van der Waals surface area (Å²) in [4.78, 5) is 2.43. The lowest BCUT2D eigenvalue weighted by molar-refractivity contribution is 0.0375. The topological polar surface area (TPSA) is 30.9 Å². The van der Waals surface area contributed by atoms with Crippen molar-refractivity contribution in [3.8, 4) is 11.5 Å². The Labute approximate surface area is 121 Å². The quantitative estimate of drug-likeness (QED) is 0.767. The van der Waals surface area contributed by atoms with Crippen LogP contribution >= 0.6 is 0 Å². The first-order valence-corrected chi connectivity index (χ1v) is 7.42. The van der Waals surface area contributed by atoms with Crippen molar-refractivity contribution in [2.75, 3.05) is 40.0 Å². The minimum absolute atomic E-state index is 0.443. The van der Waals surface area contributed by atoms with E-state index in [1.807, 2.05) is 31.2 Å². The van der Waals surface area contributed by atoms with Gasteiger partial charge in [0.1, 0.15) is 18.1 Å². The molecular formula is C16H25NO3. The van der Waals surface area contributed by atoms with Gasteiger partial charge < -0.3 is 14.2 Å². The molecule has 0 aromatic heterocycles. The molecule has 4 heteroatoms. The van der Waals surface area contributed by atoms with Gasteiger partial charge in [-0.3, -0.25) is 4.90 Å². The van der Waals surface area contributed by atoms with Crippen molar-refractivity contribution in [1.82, 2.24) is 4.90 Å². The first-order valence-electron chi connectivity index (χ1n) is 7.42. The number of methoxy groups -OCH3 is 1. The number of hydrogen-bond donors (Lipinski definition) is 0. The molecule has 1 fully saturated rings. The molecule has 2 rings (SSSR count). The predicted octanol–water partition coefficient (Wildman–Crippen LogP) is 2.57. The molecule has 20 heavy (non-hydrogen) atoms. The van der Waals surface area contributed by atoms with Gasteiger partial charge in [0.15, 0.2) is 0 Å². The summed E-state index contributed by atoms with van der Waals surface area (Å²) in [6, 6.07) is 7.82. The number of ether oxygens (including phenoxy) is 3. The molecule has 0 amide bonds. The van der Waals surface area contributed by atoms with Gasteiger partial charge in [-0.2, -0.15) is 0 Å². The van der Waals surface area contributed by atoms with Gasteiger partial charge in [0.2, 0.25) is 0 Å². The molecule has 1 heterocycles. The van der Waals surface area contributed by atoms with Crippen molar-refractivity contribution in [2.24, 2.45) is 0 Å². The average Bonchev–Trinajstić information content (AvgIpc) is 2.50. The highest BCUT2D eigenvalue weighted by atomic mass is 16.5. The Morgan fingerprint density at radius 1 is 1.05 bits per heavy atom. The second-order valence-corrected chi connectivity index (χ2v) is 5.03. The van der Waals surface area contributed by atoms with Crippen molar-refractivity contribution in [3.63, 3.8) is 0 Å². The largest absolute Gasteiger partial charge is 0.494 e. The fraction of sp³-hybridized carbons (Fsp3) is 0.625. The smallest absolute Gasteiger partial charge is 0.119 e. The summed E-state index contributed by atoms with van der Waals surface area (Å²) in [6.45, 7) is 6.58. The fourth-order valence-electron chi connectivity index (χ4n) is 2.46. The van der Waals surface area contributed by atoms with Crippen LogP contribution in [0.3, 0.4) is 0 Å². The zero-order chi connectivity index (χ0) is 14.2. The second kappa shape index (κ2) is 8.12. The van der Waals surface area contributed by atoms with E-state index in [0.29, 0.717) is 12.7 Å². The van der Waals surface area contributed by atoms with E-state index < -0.39 is 0 Å². The van der Waals surface area contributed by atoms with Crippen molar-refractivity contribution in [1.29, 1.82) is 0 Å². The van der Waals surface area contributed by atoms with E-state index >= 15 is 0 Å². The van der Waals surface area contributed by atoms with Crippen LogP contribution in [0.2, 0.25) is 0 Å². The number of rotatable bonds is 7. The summed E-state index contributed by atoms with van der Waals surface area (Å²) in [6.07, 6.45) is 2.69. The maximum absolute atomic E-state index is 5.77. The molecule has 0 unspecified atom stereocenters. The lowest BCUT2D eigenvalue weighted by Gasteiger charge is -2.30. The lowest BCUT2D eigenvalue weighted by Crippen LogP contribution is -2.38. The normalized spacial score (nSPS) is 17.1. The van der Waals surface area contributed by atoms with Gasteiger partial charge in [-0.25, -0.2) is 0 Å². The van der Waals surface area contributed by atoms with Crippen LogP contribution in [0.15, 0.2) is 24.3 Å². The van der Waals surface area contributed by atoms with Gasteiger partial charge in [0, 0.05) is 26.7 Å². The molecule has 0 radical (unpaired) electrons. The van der Waals surface area contributed by atoms with Crippen LogP contribution in [0.1, 0.15) is 19.8 Å². The molecule has 1 aromatic rings. The van der Waals surface area contributed by atoms with E-state index in [1.165, 1.54) is 0 Å². The lowest BCUT2D eigenvalue weighted by atomic mass is 10.1. The average molecular weight is 279 g/mol. The van der Waals surface area contributed by atoms with Gasteiger partial charge >= 0.3 is 0 Å². The Hall–Kier alpha value is -1.26. The molecule has 4 nitrogen and oxygen atoms in total. The summed E-state index contributed by atoms with van der Waals surface area (Å²) in [5.74, 6) is 1.79. The monoisotopic (exact) mass is 279 g/mol. The molecule has 1 aromatic carbocycles. The zero-order valence-corrected chi connectivity index (χ0v) is 12.5. The Balaban J connectivity index is 1.65. The van der Waals surface area contributed by atoms with Gasteiger partial charge in [-0.1, -0.05) is 0 Å².